The molecule has 25 heavy (non-hydrogen) atoms. The molecular formula is C17H24Cl2N4S2. The summed E-state index contributed by atoms with van der Waals surface area (Å²) < 4.78 is 0. The lowest BCUT2D eigenvalue weighted by Gasteiger charge is -2.32. The molecule has 1 aromatic heterocycles. The average molecular weight is 419 g/mol. The van der Waals surface area contributed by atoms with Gasteiger partial charge in [0.15, 0.2) is 0 Å². The van der Waals surface area contributed by atoms with Crippen molar-refractivity contribution in [2.75, 3.05) is 44.4 Å². The van der Waals surface area contributed by atoms with Crippen molar-refractivity contribution >= 4 is 65.1 Å². The van der Waals surface area contributed by atoms with Crippen molar-refractivity contribution in [3.05, 3.63) is 40.6 Å². The van der Waals surface area contributed by atoms with Gasteiger partial charge in [-0.3, -0.25) is 0 Å². The van der Waals surface area contributed by atoms with Gasteiger partial charge in [0.1, 0.15) is 5.84 Å². The predicted octanol–water partition coefficient (Wildman–Crippen LogP) is 4.10. The lowest BCUT2D eigenvalue weighted by atomic mass is 10.2. The van der Waals surface area contributed by atoms with Crippen LogP contribution >= 0.6 is 47.9 Å². The fourth-order valence-electron chi connectivity index (χ4n) is 2.50. The van der Waals surface area contributed by atoms with Crippen LogP contribution in [0.5, 0.6) is 0 Å². The van der Waals surface area contributed by atoms with E-state index in [4.69, 9.17) is 5.73 Å². The highest BCUT2D eigenvalue weighted by atomic mass is 35.5. The summed E-state index contributed by atoms with van der Waals surface area (Å²) in [5.74, 6) is 1.73. The Morgan fingerprint density at radius 3 is 2.76 bits per heavy atom. The van der Waals surface area contributed by atoms with E-state index in [1.165, 1.54) is 10.6 Å². The molecule has 3 rings (SSSR count). The largest absolute Gasteiger partial charge is 0.383 e. The first-order chi connectivity index (χ1) is 11.1. The van der Waals surface area contributed by atoms with Crippen LogP contribution in [0.15, 0.2) is 45.6 Å². The van der Waals surface area contributed by atoms with Crippen LogP contribution in [0.2, 0.25) is 0 Å². The van der Waals surface area contributed by atoms with Crippen LogP contribution in [-0.2, 0) is 0 Å². The first-order valence-electron chi connectivity index (χ1n) is 7.68. The summed E-state index contributed by atoms with van der Waals surface area (Å²) in [5.41, 5.74) is 8.32. The summed E-state index contributed by atoms with van der Waals surface area (Å²) in [6, 6.07) is 10.4. The van der Waals surface area contributed by atoms with E-state index in [0.29, 0.717) is 5.84 Å². The Labute approximate surface area is 170 Å². The minimum Gasteiger partial charge on any atom is -0.383 e. The molecule has 4 nitrogen and oxygen atoms in total. The van der Waals surface area contributed by atoms with Crippen LogP contribution in [-0.4, -0.2) is 50.2 Å². The van der Waals surface area contributed by atoms with E-state index < -0.39 is 0 Å². The van der Waals surface area contributed by atoms with Crippen molar-refractivity contribution in [1.29, 1.82) is 0 Å². The van der Waals surface area contributed by atoms with E-state index in [-0.39, 0.29) is 24.8 Å². The SMILES string of the molecule is CN(C)CCN1CCSc2ccc(N=C(N)c3cccs3)cc21.Cl.Cl. The van der Waals surface area contributed by atoms with Gasteiger partial charge in [0.25, 0.3) is 0 Å². The first kappa shape index (κ1) is 22.1. The molecule has 0 radical (unpaired) electrons. The lowest BCUT2D eigenvalue weighted by Crippen LogP contribution is -2.35. The fourth-order valence-corrected chi connectivity index (χ4v) is 4.16. The Hall–Kier alpha value is -0.920. The van der Waals surface area contributed by atoms with Crippen molar-refractivity contribution in [2.24, 2.45) is 10.7 Å². The maximum Gasteiger partial charge on any atom is 0.141 e. The average Bonchev–Trinajstić information content (AvgIpc) is 3.07. The number of thioether (sulfide) groups is 1. The van der Waals surface area contributed by atoms with Gasteiger partial charge in [0.2, 0.25) is 0 Å². The van der Waals surface area contributed by atoms with Crippen molar-refractivity contribution in [3.63, 3.8) is 0 Å². The Kier molecular flexibility index (Phi) is 9.10. The standard InChI is InChI=1S/C17H22N4S2.2ClH/c1-20(2)7-8-21-9-11-23-15-6-5-13(12-14(15)21)19-17(18)16-4-3-10-22-16;;/h3-6,10,12H,7-9,11H2,1-2H3,(H2,18,19);2*1H. The normalized spacial score (nSPS) is 13.9. The van der Waals surface area contributed by atoms with E-state index >= 15 is 0 Å². The number of hydrogen-bond acceptors (Lipinski definition) is 5. The molecule has 0 amide bonds. The summed E-state index contributed by atoms with van der Waals surface area (Å²) in [6.45, 7) is 3.17. The van der Waals surface area contributed by atoms with Gasteiger partial charge in [-0.05, 0) is 43.7 Å². The fraction of sp³-hybridized carbons (Fsp3) is 0.353. The summed E-state index contributed by atoms with van der Waals surface area (Å²) in [4.78, 5) is 11.6. The van der Waals surface area contributed by atoms with Gasteiger partial charge in [-0.2, -0.15) is 0 Å². The van der Waals surface area contributed by atoms with Crippen LogP contribution in [0.4, 0.5) is 11.4 Å². The maximum atomic E-state index is 6.12. The van der Waals surface area contributed by atoms with Gasteiger partial charge in [-0.1, -0.05) is 6.07 Å². The minimum atomic E-state index is 0. The van der Waals surface area contributed by atoms with Crippen LogP contribution in [0.3, 0.4) is 0 Å². The molecule has 0 fully saturated rings. The predicted molar refractivity (Wildman–Crippen MR) is 117 cm³/mol. The Morgan fingerprint density at radius 1 is 1.28 bits per heavy atom. The number of benzene rings is 1. The molecule has 0 bridgehead atoms. The third kappa shape index (κ3) is 5.79. The molecule has 2 heterocycles. The second kappa shape index (κ2) is 10.3. The molecule has 0 saturated heterocycles. The Balaban J connectivity index is 0.00000156. The second-order valence-electron chi connectivity index (χ2n) is 5.77. The maximum absolute atomic E-state index is 6.12. The van der Waals surface area contributed by atoms with Crippen molar-refractivity contribution in [1.82, 2.24) is 4.90 Å². The van der Waals surface area contributed by atoms with Crippen molar-refractivity contribution in [3.8, 4) is 0 Å². The Morgan fingerprint density at radius 2 is 2.08 bits per heavy atom. The second-order valence-corrected chi connectivity index (χ2v) is 7.85. The molecular weight excluding hydrogens is 395 g/mol. The molecule has 1 aromatic carbocycles. The van der Waals surface area contributed by atoms with Gasteiger partial charge in [-0.15, -0.1) is 47.9 Å². The number of likely N-dealkylation sites (N-methyl/N-ethyl adjacent to an activating group) is 1. The number of amidine groups is 1. The molecule has 0 atom stereocenters. The lowest BCUT2D eigenvalue weighted by molar-refractivity contribution is 0.413. The zero-order chi connectivity index (χ0) is 16.2. The number of nitrogens with zero attached hydrogens (tertiary/aromatic N) is 3. The van der Waals surface area contributed by atoms with Gasteiger partial charge >= 0.3 is 0 Å². The number of fused-ring (bicyclic) bond motifs is 1. The molecule has 138 valence electrons. The van der Waals surface area contributed by atoms with Crippen molar-refractivity contribution in [2.45, 2.75) is 4.90 Å². The quantitative estimate of drug-likeness (QED) is 0.586. The molecule has 2 N–H and O–H groups in total. The van der Waals surface area contributed by atoms with Crippen LogP contribution in [0.25, 0.3) is 0 Å². The van der Waals surface area contributed by atoms with Crippen LogP contribution in [0, 0.1) is 0 Å². The summed E-state index contributed by atoms with van der Waals surface area (Å²) >= 11 is 3.53. The monoisotopic (exact) mass is 418 g/mol. The Bertz CT molecular complexity index is 690. The number of aliphatic imine (C=N–C) groups is 1. The number of hydrogen-bond donors (Lipinski definition) is 1. The van der Waals surface area contributed by atoms with E-state index in [1.807, 2.05) is 29.3 Å². The van der Waals surface area contributed by atoms with Gasteiger partial charge in [0, 0.05) is 30.3 Å². The van der Waals surface area contributed by atoms with E-state index in [2.05, 4.69) is 47.1 Å². The van der Waals surface area contributed by atoms with E-state index in [1.54, 1.807) is 11.3 Å². The van der Waals surface area contributed by atoms with Crippen LogP contribution in [0.1, 0.15) is 4.88 Å². The molecule has 1 aliphatic rings. The summed E-state index contributed by atoms with van der Waals surface area (Å²) in [7, 11) is 4.23. The van der Waals surface area contributed by atoms with E-state index in [9.17, 15) is 0 Å². The smallest absolute Gasteiger partial charge is 0.141 e. The van der Waals surface area contributed by atoms with Gasteiger partial charge < -0.3 is 15.5 Å². The van der Waals surface area contributed by atoms with Gasteiger partial charge in [0.05, 0.1) is 16.3 Å². The molecule has 0 spiro atoms. The molecule has 1 aliphatic heterocycles. The third-order valence-electron chi connectivity index (χ3n) is 3.74. The number of rotatable bonds is 5. The molecule has 8 heteroatoms. The highest BCUT2D eigenvalue weighted by Gasteiger charge is 2.17. The summed E-state index contributed by atoms with van der Waals surface area (Å²) in [6.07, 6.45) is 0. The molecule has 0 saturated carbocycles. The highest BCUT2D eigenvalue weighted by Crippen LogP contribution is 2.37. The molecule has 2 aromatic rings. The summed E-state index contributed by atoms with van der Waals surface area (Å²) in [5, 5.41) is 2.02. The first-order valence-corrected chi connectivity index (χ1v) is 9.54. The number of nitrogens with two attached hydrogens (primary N) is 1. The van der Waals surface area contributed by atoms with Gasteiger partial charge in [-0.25, -0.2) is 4.99 Å². The molecule has 0 unspecified atom stereocenters. The highest BCUT2D eigenvalue weighted by molar-refractivity contribution is 7.99. The topological polar surface area (TPSA) is 44.9 Å². The number of anilines is 1. The minimum absolute atomic E-state index is 0. The van der Waals surface area contributed by atoms with E-state index in [0.717, 1.165) is 36.0 Å². The van der Waals surface area contributed by atoms with Crippen molar-refractivity contribution < 1.29 is 0 Å². The van der Waals surface area contributed by atoms with Crippen LogP contribution < -0.4 is 10.6 Å². The molecule has 0 aliphatic carbocycles. The zero-order valence-electron chi connectivity index (χ0n) is 14.3. The zero-order valence-corrected chi connectivity index (χ0v) is 17.6. The number of halogens is 2. The third-order valence-corrected chi connectivity index (χ3v) is 5.68. The number of thiophene rings is 1.